The highest BCUT2D eigenvalue weighted by Crippen LogP contribution is 2.31. The van der Waals surface area contributed by atoms with E-state index in [1.54, 1.807) is 4.31 Å². The number of rotatable bonds is 5. The Kier molecular flexibility index (Phi) is 5.21. The third-order valence-electron chi connectivity index (χ3n) is 4.33. The molecule has 5 heteroatoms. The Morgan fingerprint density at radius 2 is 2.11 bits per heavy atom. The first-order valence-electron chi connectivity index (χ1n) is 6.84. The van der Waals surface area contributed by atoms with Gasteiger partial charge in [0.15, 0.2) is 0 Å². The standard InChI is InChI=1S/C13H27NO3S/c1-5-11(2)13(3,15)9-12-7-6-8-14(10-12)18(4,16)17/h11-12,15H,5-10H2,1-4H3. The number of hydrogen-bond acceptors (Lipinski definition) is 3. The molecule has 1 aliphatic heterocycles. The molecule has 1 rings (SSSR count). The molecule has 0 bridgehead atoms. The van der Waals surface area contributed by atoms with Gasteiger partial charge >= 0.3 is 0 Å². The summed E-state index contributed by atoms with van der Waals surface area (Å²) < 4.78 is 24.7. The Balaban J connectivity index is 2.63. The molecular formula is C13H27NO3S. The van der Waals surface area contributed by atoms with Gasteiger partial charge in [0, 0.05) is 13.1 Å². The van der Waals surface area contributed by atoms with E-state index in [1.165, 1.54) is 6.26 Å². The molecule has 1 aliphatic rings. The van der Waals surface area contributed by atoms with Crippen molar-refractivity contribution in [3.63, 3.8) is 0 Å². The van der Waals surface area contributed by atoms with Crippen LogP contribution >= 0.6 is 0 Å². The summed E-state index contributed by atoms with van der Waals surface area (Å²) in [6.07, 6.45) is 4.80. The van der Waals surface area contributed by atoms with Crippen molar-refractivity contribution in [2.75, 3.05) is 19.3 Å². The fourth-order valence-electron chi connectivity index (χ4n) is 2.72. The quantitative estimate of drug-likeness (QED) is 0.834. The Morgan fingerprint density at radius 3 is 2.61 bits per heavy atom. The van der Waals surface area contributed by atoms with E-state index >= 15 is 0 Å². The maximum atomic E-state index is 11.6. The van der Waals surface area contributed by atoms with Gasteiger partial charge in [-0.15, -0.1) is 0 Å². The van der Waals surface area contributed by atoms with Crippen LogP contribution in [-0.4, -0.2) is 42.8 Å². The molecule has 108 valence electrons. The molecule has 1 heterocycles. The van der Waals surface area contributed by atoms with Gasteiger partial charge in [0.2, 0.25) is 10.0 Å². The van der Waals surface area contributed by atoms with Gasteiger partial charge in [-0.25, -0.2) is 12.7 Å². The van der Waals surface area contributed by atoms with Crippen LogP contribution in [0.25, 0.3) is 0 Å². The van der Waals surface area contributed by atoms with Gasteiger partial charge in [-0.1, -0.05) is 20.3 Å². The third kappa shape index (κ3) is 4.21. The molecule has 0 radical (unpaired) electrons. The molecule has 3 unspecified atom stereocenters. The fraction of sp³-hybridized carbons (Fsp3) is 1.00. The lowest BCUT2D eigenvalue weighted by Crippen LogP contribution is -2.43. The van der Waals surface area contributed by atoms with Crippen LogP contribution in [0, 0.1) is 11.8 Å². The van der Waals surface area contributed by atoms with Crippen LogP contribution in [0.1, 0.15) is 46.5 Å². The lowest BCUT2D eigenvalue weighted by molar-refractivity contribution is -0.0229. The van der Waals surface area contributed by atoms with Crippen LogP contribution in [0.4, 0.5) is 0 Å². The monoisotopic (exact) mass is 277 g/mol. The van der Waals surface area contributed by atoms with E-state index in [9.17, 15) is 13.5 Å². The first kappa shape index (κ1) is 15.9. The van der Waals surface area contributed by atoms with Gasteiger partial charge in [0.1, 0.15) is 0 Å². The summed E-state index contributed by atoms with van der Waals surface area (Å²) >= 11 is 0. The fourth-order valence-corrected chi connectivity index (χ4v) is 3.66. The Bertz CT molecular complexity index is 364. The minimum absolute atomic E-state index is 0.242. The summed E-state index contributed by atoms with van der Waals surface area (Å²) in [7, 11) is -3.09. The van der Waals surface area contributed by atoms with Crippen molar-refractivity contribution in [1.29, 1.82) is 0 Å². The van der Waals surface area contributed by atoms with E-state index in [-0.39, 0.29) is 11.8 Å². The Hall–Kier alpha value is -0.130. The first-order valence-corrected chi connectivity index (χ1v) is 8.69. The van der Waals surface area contributed by atoms with Gasteiger partial charge in [0.05, 0.1) is 11.9 Å². The lowest BCUT2D eigenvalue weighted by atomic mass is 9.79. The van der Waals surface area contributed by atoms with E-state index in [1.807, 2.05) is 6.92 Å². The number of aliphatic hydroxyl groups is 1. The smallest absolute Gasteiger partial charge is 0.211 e. The van der Waals surface area contributed by atoms with Crippen LogP contribution in [0.5, 0.6) is 0 Å². The number of nitrogens with zero attached hydrogens (tertiary/aromatic N) is 1. The summed E-state index contributed by atoms with van der Waals surface area (Å²) in [6, 6.07) is 0. The molecule has 0 saturated carbocycles. The average Bonchev–Trinajstić information content (AvgIpc) is 2.26. The average molecular weight is 277 g/mol. The maximum Gasteiger partial charge on any atom is 0.211 e. The van der Waals surface area contributed by atoms with Crippen molar-refractivity contribution >= 4 is 10.0 Å². The molecule has 0 spiro atoms. The second kappa shape index (κ2) is 5.88. The van der Waals surface area contributed by atoms with Crippen LogP contribution in [-0.2, 0) is 10.0 Å². The number of piperidine rings is 1. The van der Waals surface area contributed by atoms with Gasteiger partial charge in [0.25, 0.3) is 0 Å². The van der Waals surface area contributed by atoms with E-state index in [4.69, 9.17) is 0 Å². The summed E-state index contributed by atoms with van der Waals surface area (Å²) in [6.45, 7) is 7.19. The highest BCUT2D eigenvalue weighted by Gasteiger charge is 2.34. The molecule has 3 atom stereocenters. The molecular weight excluding hydrogens is 250 g/mol. The predicted octanol–water partition coefficient (Wildman–Crippen LogP) is 1.85. The van der Waals surface area contributed by atoms with Gasteiger partial charge in [-0.05, 0) is 38.0 Å². The lowest BCUT2D eigenvalue weighted by Gasteiger charge is -2.37. The summed E-state index contributed by atoms with van der Waals surface area (Å²) in [4.78, 5) is 0. The highest BCUT2D eigenvalue weighted by atomic mass is 32.2. The van der Waals surface area contributed by atoms with E-state index in [2.05, 4.69) is 13.8 Å². The van der Waals surface area contributed by atoms with E-state index in [0.29, 0.717) is 19.5 Å². The van der Waals surface area contributed by atoms with Crippen LogP contribution in [0.3, 0.4) is 0 Å². The first-order chi connectivity index (χ1) is 8.16. The highest BCUT2D eigenvalue weighted by molar-refractivity contribution is 7.88. The second-order valence-electron chi connectivity index (χ2n) is 6.00. The largest absolute Gasteiger partial charge is 0.390 e. The molecule has 1 fully saturated rings. The van der Waals surface area contributed by atoms with Crippen LogP contribution in [0.2, 0.25) is 0 Å². The van der Waals surface area contributed by atoms with E-state index in [0.717, 1.165) is 19.3 Å². The van der Waals surface area contributed by atoms with Gasteiger partial charge < -0.3 is 5.11 Å². The van der Waals surface area contributed by atoms with Crippen molar-refractivity contribution < 1.29 is 13.5 Å². The van der Waals surface area contributed by atoms with Crippen molar-refractivity contribution in [3.05, 3.63) is 0 Å². The molecule has 0 aromatic carbocycles. The molecule has 4 nitrogen and oxygen atoms in total. The topological polar surface area (TPSA) is 57.6 Å². The Labute approximate surface area is 111 Å². The van der Waals surface area contributed by atoms with Crippen molar-refractivity contribution in [1.82, 2.24) is 4.31 Å². The van der Waals surface area contributed by atoms with Gasteiger partial charge in [-0.2, -0.15) is 0 Å². The maximum absolute atomic E-state index is 11.6. The summed E-state index contributed by atoms with van der Waals surface area (Å²) in [5.41, 5.74) is -0.695. The SMILES string of the molecule is CCC(C)C(C)(O)CC1CCCN(S(C)(=O)=O)C1. The molecule has 0 aliphatic carbocycles. The van der Waals surface area contributed by atoms with Crippen LogP contribution in [0.15, 0.2) is 0 Å². The van der Waals surface area contributed by atoms with Crippen molar-refractivity contribution in [2.24, 2.45) is 11.8 Å². The summed E-state index contributed by atoms with van der Waals surface area (Å²) in [5, 5.41) is 10.5. The van der Waals surface area contributed by atoms with E-state index < -0.39 is 15.6 Å². The summed E-state index contributed by atoms with van der Waals surface area (Å²) in [5.74, 6) is 0.517. The predicted molar refractivity (Wildman–Crippen MR) is 73.8 cm³/mol. The Morgan fingerprint density at radius 1 is 1.50 bits per heavy atom. The van der Waals surface area contributed by atoms with Gasteiger partial charge in [-0.3, -0.25) is 0 Å². The third-order valence-corrected chi connectivity index (χ3v) is 5.60. The van der Waals surface area contributed by atoms with Crippen molar-refractivity contribution in [3.8, 4) is 0 Å². The molecule has 0 amide bonds. The number of sulfonamides is 1. The molecule has 0 aromatic rings. The molecule has 0 aromatic heterocycles. The van der Waals surface area contributed by atoms with Crippen LogP contribution < -0.4 is 0 Å². The van der Waals surface area contributed by atoms with Crippen molar-refractivity contribution in [2.45, 2.75) is 52.1 Å². The second-order valence-corrected chi connectivity index (χ2v) is 7.98. The molecule has 1 saturated heterocycles. The molecule has 1 N–H and O–H groups in total. The normalized spacial score (nSPS) is 27.7. The zero-order chi connectivity index (χ0) is 14.0. The minimum atomic E-state index is -3.09. The number of hydrogen-bond donors (Lipinski definition) is 1. The zero-order valence-corrected chi connectivity index (χ0v) is 12.8. The minimum Gasteiger partial charge on any atom is -0.390 e. The zero-order valence-electron chi connectivity index (χ0n) is 12.0. The molecule has 18 heavy (non-hydrogen) atoms.